The molecule has 3 nitrogen and oxygen atoms in total. The van der Waals surface area contributed by atoms with Crippen molar-refractivity contribution in [1.82, 2.24) is 0 Å². The first-order chi connectivity index (χ1) is 5.74. The van der Waals surface area contributed by atoms with E-state index in [1.165, 1.54) is 11.3 Å². The number of carbonyl (C=O) groups is 1. The van der Waals surface area contributed by atoms with Crippen molar-refractivity contribution in [2.45, 2.75) is 6.42 Å². The van der Waals surface area contributed by atoms with Crippen molar-refractivity contribution in [3.05, 3.63) is 22.4 Å². The molecule has 12 heavy (non-hydrogen) atoms. The van der Waals surface area contributed by atoms with Gasteiger partial charge < -0.3 is 5.11 Å². The van der Waals surface area contributed by atoms with E-state index in [-0.39, 0.29) is 0 Å². The zero-order valence-corrected chi connectivity index (χ0v) is 7.04. The molecule has 0 bridgehead atoms. The third-order valence-electron chi connectivity index (χ3n) is 1.44. The van der Waals surface area contributed by atoms with Gasteiger partial charge in [0.25, 0.3) is 0 Å². The first kappa shape index (κ1) is 8.75. The van der Waals surface area contributed by atoms with E-state index < -0.39 is 11.9 Å². The summed E-state index contributed by atoms with van der Waals surface area (Å²) in [5.41, 5.74) is 0. The zero-order valence-electron chi connectivity index (χ0n) is 6.23. The van der Waals surface area contributed by atoms with Crippen molar-refractivity contribution in [1.29, 1.82) is 5.26 Å². The van der Waals surface area contributed by atoms with Gasteiger partial charge in [0, 0.05) is 11.3 Å². The lowest BCUT2D eigenvalue weighted by molar-refractivity contribution is -0.139. The maximum Gasteiger partial charge on any atom is 0.321 e. The molecule has 1 atom stereocenters. The summed E-state index contributed by atoms with van der Waals surface area (Å²) in [5, 5.41) is 18.9. The van der Waals surface area contributed by atoms with Gasteiger partial charge in [-0.2, -0.15) is 5.26 Å². The maximum atomic E-state index is 10.4. The van der Waals surface area contributed by atoms with E-state index in [0.717, 1.165) is 4.88 Å². The van der Waals surface area contributed by atoms with Gasteiger partial charge in [-0.1, -0.05) is 6.07 Å². The van der Waals surface area contributed by atoms with E-state index in [1.807, 2.05) is 17.5 Å². The SMILES string of the molecule is N#C[C@H](Cc1cccs1)C(=O)O. The van der Waals surface area contributed by atoms with Crippen molar-refractivity contribution < 1.29 is 9.90 Å². The van der Waals surface area contributed by atoms with Crippen LogP contribution in [0, 0.1) is 17.2 Å². The Morgan fingerprint density at radius 3 is 3.00 bits per heavy atom. The highest BCUT2D eigenvalue weighted by Gasteiger charge is 2.16. The van der Waals surface area contributed by atoms with Gasteiger partial charge in [0.15, 0.2) is 0 Å². The van der Waals surface area contributed by atoms with Gasteiger partial charge in [-0.15, -0.1) is 11.3 Å². The van der Waals surface area contributed by atoms with Gasteiger partial charge in [0.2, 0.25) is 0 Å². The Balaban J connectivity index is 2.62. The topological polar surface area (TPSA) is 61.1 Å². The first-order valence-electron chi connectivity index (χ1n) is 3.39. The number of carboxylic acids is 1. The normalized spacial score (nSPS) is 11.9. The lowest BCUT2D eigenvalue weighted by Crippen LogP contribution is -2.13. The molecule has 0 aromatic carbocycles. The van der Waals surface area contributed by atoms with Crippen molar-refractivity contribution in [2.24, 2.45) is 5.92 Å². The Morgan fingerprint density at radius 2 is 2.58 bits per heavy atom. The highest BCUT2D eigenvalue weighted by atomic mass is 32.1. The molecule has 0 spiro atoms. The van der Waals surface area contributed by atoms with Crippen LogP contribution in [0.4, 0.5) is 0 Å². The Labute approximate surface area is 73.9 Å². The maximum absolute atomic E-state index is 10.4. The van der Waals surface area contributed by atoms with Crippen molar-refractivity contribution in [3.8, 4) is 6.07 Å². The second kappa shape index (κ2) is 3.88. The molecule has 0 saturated heterocycles. The molecule has 1 heterocycles. The minimum absolute atomic E-state index is 0.309. The van der Waals surface area contributed by atoms with Gasteiger partial charge in [-0.3, -0.25) is 4.79 Å². The average Bonchev–Trinajstić information content (AvgIpc) is 2.51. The Morgan fingerprint density at radius 1 is 1.83 bits per heavy atom. The van der Waals surface area contributed by atoms with Gasteiger partial charge in [-0.05, 0) is 11.4 Å². The smallest absolute Gasteiger partial charge is 0.321 e. The molecule has 62 valence electrons. The number of carboxylic acid groups (broad SMARTS) is 1. The molecule has 0 saturated carbocycles. The summed E-state index contributed by atoms with van der Waals surface area (Å²) in [7, 11) is 0. The molecule has 1 N–H and O–H groups in total. The number of nitrogens with zero attached hydrogens (tertiary/aromatic N) is 1. The van der Waals surface area contributed by atoms with Crippen LogP contribution in [-0.2, 0) is 11.2 Å². The summed E-state index contributed by atoms with van der Waals surface area (Å²) in [6.07, 6.45) is 0.309. The largest absolute Gasteiger partial charge is 0.480 e. The van der Waals surface area contributed by atoms with Crippen LogP contribution in [0.25, 0.3) is 0 Å². The fraction of sp³-hybridized carbons (Fsp3) is 0.250. The van der Waals surface area contributed by atoms with E-state index in [1.54, 1.807) is 6.07 Å². The fourth-order valence-corrected chi connectivity index (χ4v) is 1.57. The minimum atomic E-state index is -1.05. The third-order valence-corrected chi connectivity index (χ3v) is 2.34. The van der Waals surface area contributed by atoms with Gasteiger partial charge in [-0.25, -0.2) is 0 Å². The number of aliphatic carboxylic acids is 1. The molecule has 1 aromatic heterocycles. The number of hydrogen-bond donors (Lipinski definition) is 1. The van der Waals surface area contributed by atoms with E-state index in [9.17, 15) is 4.79 Å². The summed E-state index contributed by atoms with van der Waals surface area (Å²) in [4.78, 5) is 11.4. The summed E-state index contributed by atoms with van der Waals surface area (Å²) in [5.74, 6) is -1.96. The van der Waals surface area contributed by atoms with E-state index in [4.69, 9.17) is 10.4 Å². The predicted molar refractivity (Wildman–Crippen MR) is 44.8 cm³/mol. The van der Waals surface area contributed by atoms with Crippen molar-refractivity contribution in [3.63, 3.8) is 0 Å². The molecule has 0 aliphatic heterocycles. The fourth-order valence-electron chi connectivity index (χ4n) is 0.818. The number of nitriles is 1. The second-order valence-corrected chi connectivity index (χ2v) is 3.34. The van der Waals surface area contributed by atoms with Crippen LogP contribution >= 0.6 is 11.3 Å². The van der Waals surface area contributed by atoms with Crippen LogP contribution in [0.5, 0.6) is 0 Å². The van der Waals surface area contributed by atoms with Crippen LogP contribution in [0.2, 0.25) is 0 Å². The summed E-state index contributed by atoms with van der Waals surface area (Å²) in [6.45, 7) is 0. The molecule has 0 amide bonds. The molecule has 4 heteroatoms. The number of rotatable bonds is 3. The van der Waals surface area contributed by atoms with Crippen molar-refractivity contribution in [2.75, 3.05) is 0 Å². The molecule has 0 aliphatic rings. The van der Waals surface area contributed by atoms with Crippen LogP contribution in [0.15, 0.2) is 17.5 Å². The van der Waals surface area contributed by atoms with Crippen LogP contribution in [0.3, 0.4) is 0 Å². The standard InChI is InChI=1S/C8H7NO2S/c9-5-6(8(10)11)4-7-2-1-3-12-7/h1-3,6H,4H2,(H,10,11)/t6-/m0/s1. The molecule has 0 fully saturated rings. The van der Waals surface area contributed by atoms with E-state index in [2.05, 4.69) is 0 Å². The summed E-state index contributed by atoms with van der Waals surface area (Å²) >= 11 is 1.47. The lowest BCUT2D eigenvalue weighted by Gasteiger charge is -1.99. The third kappa shape index (κ3) is 2.07. The highest BCUT2D eigenvalue weighted by Crippen LogP contribution is 2.14. The van der Waals surface area contributed by atoms with Crippen molar-refractivity contribution >= 4 is 17.3 Å². The molecule has 0 aliphatic carbocycles. The number of hydrogen-bond acceptors (Lipinski definition) is 3. The first-order valence-corrected chi connectivity index (χ1v) is 4.27. The minimum Gasteiger partial charge on any atom is -0.480 e. The van der Waals surface area contributed by atoms with Crippen LogP contribution in [-0.4, -0.2) is 11.1 Å². The molecular formula is C8H7NO2S. The summed E-state index contributed by atoms with van der Waals surface area (Å²) in [6, 6.07) is 5.42. The molecule has 0 radical (unpaired) electrons. The second-order valence-electron chi connectivity index (χ2n) is 2.30. The molecule has 1 rings (SSSR count). The quantitative estimate of drug-likeness (QED) is 0.768. The van der Waals surface area contributed by atoms with Gasteiger partial charge in [0.1, 0.15) is 5.92 Å². The summed E-state index contributed by atoms with van der Waals surface area (Å²) < 4.78 is 0. The number of thiophene rings is 1. The van der Waals surface area contributed by atoms with E-state index in [0.29, 0.717) is 6.42 Å². The monoisotopic (exact) mass is 181 g/mol. The van der Waals surface area contributed by atoms with Gasteiger partial charge in [0.05, 0.1) is 6.07 Å². The average molecular weight is 181 g/mol. The lowest BCUT2D eigenvalue weighted by atomic mass is 10.1. The Bertz CT molecular complexity index is 299. The Kier molecular flexibility index (Phi) is 2.83. The van der Waals surface area contributed by atoms with Gasteiger partial charge >= 0.3 is 5.97 Å². The Hall–Kier alpha value is -1.34. The molecule has 0 unspecified atom stereocenters. The highest BCUT2D eigenvalue weighted by molar-refractivity contribution is 7.09. The van der Waals surface area contributed by atoms with Crippen LogP contribution < -0.4 is 0 Å². The van der Waals surface area contributed by atoms with Crippen LogP contribution in [0.1, 0.15) is 4.88 Å². The van der Waals surface area contributed by atoms with E-state index >= 15 is 0 Å². The molecular weight excluding hydrogens is 174 g/mol. The zero-order chi connectivity index (χ0) is 8.97. The molecule has 1 aromatic rings. The predicted octanol–water partition coefficient (Wildman–Crippen LogP) is 1.51.